The quantitative estimate of drug-likeness (QED) is 0.539. The summed E-state index contributed by atoms with van der Waals surface area (Å²) in [6.07, 6.45) is 5.42. The highest BCUT2D eigenvalue weighted by molar-refractivity contribution is 8.02. The molecule has 27 heavy (non-hydrogen) atoms. The number of aryl methyl sites for hydroxylation is 1. The number of rotatable bonds is 6. The smallest absolute Gasteiger partial charge is 0.295 e. The molecular weight excluding hydrogens is 400 g/mol. The number of nitrogens with one attached hydrogen (secondary N) is 1. The molecule has 0 aliphatic heterocycles. The second kappa shape index (κ2) is 9.04. The zero-order valence-electron chi connectivity index (χ0n) is 15.6. The minimum absolute atomic E-state index is 0.0370. The SMILES string of the molecule is CC(C)Oc1nnc(SC(C)C(=O)Nc2sc3c(c2C#N)CCCCC3)s1. The molecule has 2 aromatic heterocycles. The summed E-state index contributed by atoms with van der Waals surface area (Å²) in [5, 5.41) is 21.4. The molecule has 1 amide bonds. The van der Waals surface area contributed by atoms with E-state index in [2.05, 4.69) is 21.6 Å². The van der Waals surface area contributed by atoms with Gasteiger partial charge in [0.15, 0.2) is 4.34 Å². The van der Waals surface area contributed by atoms with Gasteiger partial charge in [-0.1, -0.05) is 23.3 Å². The van der Waals surface area contributed by atoms with E-state index in [-0.39, 0.29) is 17.3 Å². The second-order valence-electron chi connectivity index (χ2n) is 6.63. The number of carbonyl (C=O) groups is 1. The molecule has 0 saturated heterocycles. The highest BCUT2D eigenvalue weighted by Gasteiger charge is 2.24. The molecule has 0 bridgehead atoms. The molecule has 1 aliphatic carbocycles. The Hall–Kier alpha value is -1.63. The summed E-state index contributed by atoms with van der Waals surface area (Å²) in [6.45, 7) is 5.69. The monoisotopic (exact) mass is 422 g/mol. The lowest BCUT2D eigenvalue weighted by molar-refractivity contribution is -0.115. The number of thiophene rings is 1. The van der Waals surface area contributed by atoms with E-state index < -0.39 is 0 Å². The Labute approximate surface area is 171 Å². The van der Waals surface area contributed by atoms with Crippen LogP contribution in [-0.4, -0.2) is 27.5 Å². The van der Waals surface area contributed by atoms with Crippen molar-refractivity contribution in [2.24, 2.45) is 0 Å². The van der Waals surface area contributed by atoms with Gasteiger partial charge in [-0.25, -0.2) is 0 Å². The first kappa shape index (κ1) is 20.1. The van der Waals surface area contributed by atoms with Crippen molar-refractivity contribution in [1.29, 1.82) is 5.26 Å². The molecular formula is C18H22N4O2S3. The summed E-state index contributed by atoms with van der Waals surface area (Å²) in [6, 6.07) is 2.30. The largest absolute Gasteiger partial charge is 0.466 e. The van der Waals surface area contributed by atoms with Crippen LogP contribution in [0.3, 0.4) is 0 Å². The number of thioether (sulfide) groups is 1. The lowest BCUT2D eigenvalue weighted by atomic mass is 10.1. The average Bonchev–Trinajstić information content (AvgIpc) is 3.10. The normalized spacial score (nSPS) is 14.9. The molecule has 0 radical (unpaired) electrons. The maximum Gasteiger partial charge on any atom is 0.295 e. The van der Waals surface area contributed by atoms with Gasteiger partial charge < -0.3 is 10.1 Å². The standard InChI is InChI=1S/C18H22N4O2S3/c1-10(2)24-17-21-22-18(27-17)25-11(3)15(23)20-16-13(9-19)12-7-5-4-6-8-14(12)26-16/h10-11H,4-8H2,1-3H3,(H,20,23). The summed E-state index contributed by atoms with van der Waals surface area (Å²) in [4.78, 5) is 13.9. The van der Waals surface area contributed by atoms with Crippen molar-refractivity contribution < 1.29 is 9.53 Å². The molecule has 1 N–H and O–H groups in total. The molecule has 9 heteroatoms. The van der Waals surface area contributed by atoms with Gasteiger partial charge in [0.2, 0.25) is 5.91 Å². The Morgan fingerprint density at radius 1 is 1.22 bits per heavy atom. The fourth-order valence-corrected chi connectivity index (χ4v) is 6.05. The molecule has 3 rings (SSSR count). The van der Waals surface area contributed by atoms with Crippen molar-refractivity contribution >= 4 is 45.3 Å². The highest BCUT2D eigenvalue weighted by atomic mass is 32.2. The Balaban J connectivity index is 1.66. The van der Waals surface area contributed by atoms with Crippen LogP contribution in [0.2, 0.25) is 0 Å². The lowest BCUT2D eigenvalue weighted by Gasteiger charge is -2.09. The summed E-state index contributed by atoms with van der Waals surface area (Å²) in [7, 11) is 0. The zero-order chi connectivity index (χ0) is 19.4. The number of nitriles is 1. The number of fused-ring (bicyclic) bond motifs is 1. The number of hydrogen-bond acceptors (Lipinski definition) is 8. The third-order valence-electron chi connectivity index (χ3n) is 4.14. The van der Waals surface area contributed by atoms with Crippen molar-refractivity contribution in [3.05, 3.63) is 16.0 Å². The van der Waals surface area contributed by atoms with Gasteiger partial charge in [-0.15, -0.1) is 16.4 Å². The fourth-order valence-electron chi connectivity index (χ4n) is 2.86. The first-order chi connectivity index (χ1) is 13.0. The van der Waals surface area contributed by atoms with Crippen LogP contribution in [0.5, 0.6) is 5.19 Å². The topological polar surface area (TPSA) is 87.9 Å². The third-order valence-corrected chi connectivity index (χ3v) is 7.35. The molecule has 0 fully saturated rings. The molecule has 1 atom stereocenters. The van der Waals surface area contributed by atoms with Crippen LogP contribution in [0.15, 0.2) is 4.34 Å². The molecule has 1 aliphatic rings. The minimum Gasteiger partial charge on any atom is -0.466 e. The van der Waals surface area contributed by atoms with Crippen molar-refractivity contribution in [3.63, 3.8) is 0 Å². The molecule has 2 heterocycles. The van der Waals surface area contributed by atoms with Crippen molar-refractivity contribution in [3.8, 4) is 11.3 Å². The van der Waals surface area contributed by atoms with Crippen LogP contribution < -0.4 is 10.1 Å². The number of aromatic nitrogens is 2. The van der Waals surface area contributed by atoms with Crippen molar-refractivity contribution in [2.45, 2.75) is 68.6 Å². The summed E-state index contributed by atoms with van der Waals surface area (Å²) < 4.78 is 6.21. The van der Waals surface area contributed by atoms with E-state index in [1.165, 1.54) is 34.4 Å². The van der Waals surface area contributed by atoms with Gasteiger partial charge in [0, 0.05) is 4.88 Å². The van der Waals surface area contributed by atoms with Gasteiger partial charge in [-0.2, -0.15) is 5.26 Å². The molecule has 2 aromatic rings. The van der Waals surface area contributed by atoms with Gasteiger partial charge in [-0.05, 0) is 63.4 Å². The molecule has 0 saturated carbocycles. The average molecular weight is 423 g/mol. The van der Waals surface area contributed by atoms with Crippen LogP contribution in [-0.2, 0) is 17.6 Å². The Morgan fingerprint density at radius 2 is 2.00 bits per heavy atom. The number of carbonyl (C=O) groups excluding carboxylic acids is 1. The predicted molar refractivity (Wildman–Crippen MR) is 110 cm³/mol. The van der Waals surface area contributed by atoms with Crippen LogP contribution in [0.1, 0.15) is 56.0 Å². The van der Waals surface area contributed by atoms with Gasteiger partial charge >= 0.3 is 0 Å². The number of anilines is 1. The van der Waals surface area contributed by atoms with Crippen LogP contribution >= 0.6 is 34.4 Å². The highest BCUT2D eigenvalue weighted by Crippen LogP contribution is 2.38. The van der Waals surface area contributed by atoms with E-state index in [1.54, 1.807) is 11.3 Å². The Bertz CT molecular complexity index is 853. The number of hydrogen-bond donors (Lipinski definition) is 1. The lowest BCUT2D eigenvalue weighted by Crippen LogP contribution is -2.22. The summed E-state index contributed by atoms with van der Waals surface area (Å²) in [5.41, 5.74) is 1.78. The van der Waals surface area contributed by atoms with Crippen LogP contribution in [0.4, 0.5) is 5.00 Å². The number of ether oxygens (including phenoxy) is 1. The van der Waals surface area contributed by atoms with E-state index in [4.69, 9.17) is 4.74 Å². The Kier molecular flexibility index (Phi) is 6.73. The van der Waals surface area contributed by atoms with E-state index in [0.29, 0.717) is 20.1 Å². The number of amides is 1. The van der Waals surface area contributed by atoms with E-state index in [0.717, 1.165) is 31.2 Å². The van der Waals surface area contributed by atoms with E-state index in [1.807, 2.05) is 20.8 Å². The molecule has 6 nitrogen and oxygen atoms in total. The second-order valence-corrected chi connectivity index (χ2v) is 10.3. The molecule has 144 valence electrons. The molecule has 0 spiro atoms. The predicted octanol–water partition coefficient (Wildman–Crippen LogP) is 4.65. The van der Waals surface area contributed by atoms with E-state index in [9.17, 15) is 10.1 Å². The maximum atomic E-state index is 12.6. The summed E-state index contributed by atoms with van der Waals surface area (Å²) in [5.74, 6) is -0.130. The molecule has 0 aromatic carbocycles. The fraction of sp³-hybridized carbons (Fsp3) is 0.556. The minimum atomic E-state index is -0.349. The summed E-state index contributed by atoms with van der Waals surface area (Å²) >= 11 is 4.23. The first-order valence-corrected chi connectivity index (χ1v) is 11.5. The maximum absolute atomic E-state index is 12.6. The van der Waals surface area contributed by atoms with Gasteiger partial charge in [0.1, 0.15) is 11.1 Å². The Morgan fingerprint density at radius 3 is 2.74 bits per heavy atom. The van der Waals surface area contributed by atoms with Crippen molar-refractivity contribution in [1.82, 2.24) is 10.2 Å². The van der Waals surface area contributed by atoms with Gasteiger partial charge in [-0.3, -0.25) is 4.79 Å². The van der Waals surface area contributed by atoms with Gasteiger partial charge in [0.05, 0.1) is 16.9 Å². The molecule has 1 unspecified atom stereocenters. The van der Waals surface area contributed by atoms with Gasteiger partial charge in [0.25, 0.3) is 5.19 Å². The van der Waals surface area contributed by atoms with Crippen LogP contribution in [0, 0.1) is 11.3 Å². The van der Waals surface area contributed by atoms with E-state index >= 15 is 0 Å². The number of nitrogens with zero attached hydrogens (tertiary/aromatic N) is 3. The first-order valence-electron chi connectivity index (χ1n) is 9.00. The van der Waals surface area contributed by atoms with Crippen LogP contribution in [0.25, 0.3) is 0 Å². The third kappa shape index (κ3) is 5.00. The van der Waals surface area contributed by atoms with Crippen molar-refractivity contribution in [2.75, 3.05) is 5.32 Å². The zero-order valence-corrected chi connectivity index (χ0v) is 18.0.